The first-order chi connectivity index (χ1) is 4.41. The summed E-state index contributed by atoms with van der Waals surface area (Å²) in [4.78, 5) is 9.56. The third-order valence-electron chi connectivity index (χ3n) is 0.722. The molecule has 3 heteroatoms. The molecule has 0 rings (SSSR count). The quantitative estimate of drug-likeness (QED) is 0.347. The predicted octanol–water partition coefficient (Wildman–Crippen LogP) is 0.562. The van der Waals surface area contributed by atoms with E-state index in [2.05, 4.69) is 5.32 Å². The zero-order valence-electron chi connectivity index (χ0n) is 5.39. The molecular weight excluding hydrogens is 134 g/mol. The number of rotatable bonds is 5. The molecule has 0 heterocycles. The van der Waals surface area contributed by atoms with Crippen molar-refractivity contribution >= 4 is 18.2 Å². The lowest BCUT2D eigenvalue weighted by atomic mass is 10.5. The molecule has 0 atom stereocenters. The van der Waals surface area contributed by atoms with Gasteiger partial charge in [0.2, 0.25) is 0 Å². The molecule has 0 aromatic heterocycles. The Labute approximate surface area is 59.7 Å². The first kappa shape index (κ1) is 8.56. The fraction of sp³-hybridized carbons (Fsp3) is 0.500. The van der Waals surface area contributed by atoms with E-state index in [1.807, 2.05) is 18.4 Å². The summed E-state index contributed by atoms with van der Waals surface area (Å²) in [6.07, 6.45) is 7.53. The molecule has 0 aliphatic carbocycles. The fourth-order valence-corrected chi connectivity index (χ4v) is 0.677. The second-order valence-electron chi connectivity index (χ2n) is 1.41. The first-order valence-corrected chi connectivity index (χ1v) is 4.05. The Bertz CT molecular complexity index is 93.1. The van der Waals surface area contributed by atoms with Crippen molar-refractivity contribution in [3.8, 4) is 0 Å². The molecular formula is C6H10NOS. The van der Waals surface area contributed by atoms with Gasteiger partial charge in [0.1, 0.15) is 0 Å². The van der Waals surface area contributed by atoms with Crippen molar-refractivity contribution in [3.05, 3.63) is 12.2 Å². The van der Waals surface area contributed by atoms with Crippen LogP contribution in [-0.2, 0) is 4.79 Å². The lowest BCUT2D eigenvalue weighted by molar-refractivity contribution is 0.546. The van der Waals surface area contributed by atoms with Gasteiger partial charge in [0.15, 0.2) is 0 Å². The number of thioether (sulfide) groups is 1. The second-order valence-corrected chi connectivity index (χ2v) is 2.32. The maximum atomic E-state index is 9.56. The number of hydrogen-bond acceptors (Lipinski definition) is 2. The van der Waals surface area contributed by atoms with E-state index in [4.69, 9.17) is 0 Å². The molecule has 0 saturated heterocycles. The Morgan fingerprint density at radius 3 is 3.00 bits per heavy atom. The summed E-state index contributed by atoms with van der Waals surface area (Å²) in [5.74, 6) is 1.00. The zero-order valence-corrected chi connectivity index (χ0v) is 6.20. The van der Waals surface area contributed by atoms with Gasteiger partial charge in [-0.05, 0) is 6.26 Å². The Balaban J connectivity index is 2.94. The van der Waals surface area contributed by atoms with Gasteiger partial charge < -0.3 is 5.32 Å². The van der Waals surface area contributed by atoms with Crippen LogP contribution in [0, 0.1) is 0 Å². The maximum absolute atomic E-state index is 9.56. The van der Waals surface area contributed by atoms with Crippen LogP contribution in [0.4, 0.5) is 0 Å². The van der Waals surface area contributed by atoms with Gasteiger partial charge in [-0.15, -0.1) is 0 Å². The first-order valence-electron chi connectivity index (χ1n) is 2.65. The van der Waals surface area contributed by atoms with Gasteiger partial charge in [0.05, 0.1) is 0 Å². The molecule has 2 nitrogen and oxygen atoms in total. The van der Waals surface area contributed by atoms with Crippen molar-refractivity contribution in [2.75, 3.05) is 18.6 Å². The highest BCUT2D eigenvalue weighted by Crippen LogP contribution is 1.89. The summed E-state index contributed by atoms with van der Waals surface area (Å²) in [7, 11) is 0. The minimum atomic E-state index is 0.587. The molecule has 0 unspecified atom stereocenters. The van der Waals surface area contributed by atoms with Gasteiger partial charge >= 0.3 is 6.41 Å². The van der Waals surface area contributed by atoms with E-state index in [9.17, 15) is 4.79 Å². The van der Waals surface area contributed by atoms with Gasteiger partial charge in [0.25, 0.3) is 0 Å². The molecule has 1 radical (unpaired) electrons. The van der Waals surface area contributed by atoms with Crippen LogP contribution in [0.3, 0.4) is 0 Å². The largest absolute Gasteiger partial charge is 0.344 e. The minimum absolute atomic E-state index is 0.587. The topological polar surface area (TPSA) is 29.1 Å². The van der Waals surface area contributed by atoms with Crippen LogP contribution in [-0.4, -0.2) is 25.0 Å². The number of nitrogens with one attached hydrogen (secondary N) is 1. The standard InChI is InChI=1S/C6H10NOS/c1-9-5-3-2-4-7-6-8/h2-3H,4-5H2,1H3,(H,7,8). The van der Waals surface area contributed by atoms with E-state index in [1.165, 1.54) is 0 Å². The normalized spacial score (nSPS) is 9.89. The third kappa shape index (κ3) is 7.56. The molecule has 0 fully saturated rings. The van der Waals surface area contributed by atoms with Crippen molar-refractivity contribution in [2.45, 2.75) is 0 Å². The van der Waals surface area contributed by atoms with Crippen LogP contribution in [0.15, 0.2) is 12.2 Å². The fourth-order valence-electron chi connectivity index (χ4n) is 0.348. The summed E-state index contributed by atoms with van der Waals surface area (Å²) < 4.78 is 0. The molecule has 0 spiro atoms. The Morgan fingerprint density at radius 2 is 2.44 bits per heavy atom. The molecule has 0 saturated carbocycles. The highest BCUT2D eigenvalue weighted by atomic mass is 32.2. The Hall–Kier alpha value is -0.440. The summed E-state index contributed by atoms with van der Waals surface area (Å²) in [6.45, 7) is 0.587. The smallest absolute Gasteiger partial charge is 0.309 e. The van der Waals surface area contributed by atoms with Gasteiger partial charge in [-0.2, -0.15) is 11.8 Å². The monoisotopic (exact) mass is 144 g/mol. The predicted molar refractivity (Wildman–Crippen MR) is 41.2 cm³/mol. The summed E-state index contributed by atoms with van der Waals surface area (Å²) in [5.41, 5.74) is 0. The van der Waals surface area contributed by atoms with E-state index in [0.29, 0.717) is 6.54 Å². The van der Waals surface area contributed by atoms with E-state index in [0.717, 1.165) is 5.75 Å². The second kappa shape index (κ2) is 7.56. The average molecular weight is 144 g/mol. The maximum Gasteiger partial charge on any atom is 0.309 e. The lowest BCUT2D eigenvalue weighted by Gasteiger charge is -1.86. The van der Waals surface area contributed by atoms with Crippen molar-refractivity contribution in [1.82, 2.24) is 5.32 Å². The van der Waals surface area contributed by atoms with Crippen LogP contribution >= 0.6 is 11.8 Å². The lowest BCUT2D eigenvalue weighted by Crippen LogP contribution is -2.09. The highest BCUT2D eigenvalue weighted by molar-refractivity contribution is 7.98. The van der Waals surface area contributed by atoms with Crippen LogP contribution < -0.4 is 5.32 Å². The Kier molecular flexibility index (Phi) is 7.19. The SMILES string of the molecule is CSCC=CCN[C]=O. The molecule has 0 aromatic rings. The molecule has 1 amide bonds. The van der Waals surface area contributed by atoms with E-state index >= 15 is 0 Å². The van der Waals surface area contributed by atoms with Crippen molar-refractivity contribution in [2.24, 2.45) is 0 Å². The summed E-state index contributed by atoms with van der Waals surface area (Å²) in [5, 5.41) is 2.41. The molecule has 0 aromatic carbocycles. The van der Waals surface area contributed by atoms with Crippen LogP contribution in [0.2, 0.25) is 0 Å². The molecule has 0 aliphatic heterocycles. The third-order valence-corrected chi connectivity index (χ3v) is 1.25. The van der Waals surface area contributed by atoms with Gasteiger partial charge in [-0.3, -0.25) is 4.79 Å². The van der Waals surface area contributed by atoms with E-state index in [-0.39, 0.29) is 0 Å². The molecule has 51 valence electrons. The minimum Gasteiger partial charge on any atom is -0.344 e. The van der Waals surface area contributed by atoms with Crippen molar-refractivity contribution < 1.29 is 4.79 Å². The van der Waals surface area contributed by atoms with Gasteiger partial charge in [0, 0.05) is 12.3 Å². The average Bonchev–Trinajstić information content (AvgIpc) is 1.89. The van der Waals surface area contributed by atoms with Crippen LogP contribution in [0.5, 0.6) is 0 Å². The summed E-state index contributed by atoms with van der Waals surface area (Å²) in [6, 6.07) is 0. The van der Waals surface area contributed by atoms with E-state index < -0.39 is 0 Å². The van der Waals surface area contributed by atoms with Crippen LogP contribution in [0.1, 0.15) is 0 Å². The molecule has 9 heavy (non-hydrogen) atoms. The number of hydrogen-bond donors (Lipinski definition) is 1. The molecule has 1 N–H and O–H groups in total. The van der Waals surface area contributed by atoms with Crippen LogP contribution in [0.25, 0.3) is 0 Å². The number of carbonyl (C=O) groups excluding carboxylic acids is 1. The van der Waals surface area contributed by atoms with Crippen molar-refractivity contribution in [1.29, 1.82) is 0 Å². The highest BCUT2D eigenvalue weighted by Gasteiger charge is 1.73. The Morgan fingerprint density at radius 1 is 1.67 bits per heavy atom. The van der Waals surface area contributed by atoms with Gasteiger partial charge in [-0.1, -0.05) is 12.2 Å². The summed E-state index contributed by atoms with van der Waals surface area (Å²) >= 11 is 1.75. The molecule has 0 aliphatic rings. The van der Waals surface area contributed by atoms with E-state index in [1.54, 1.807) is 18.2 Å². The van der Waals surface area contributed by atoms with Gasteiger partial charge in [-0.25, -0.2) is 0 Å². The number of amides is 1. The molecule has 0 bridgehead atoms. The zero-order chi connectivity index (χ0) is 6.95. The van der Waals surface area contributed by atoms with Crippen molar-refractivity contribution in [3.63, 3.8) is 0 Å².